The second-order valence-electron chi connectivity index (χ2n) is 13.2. The predicted molar refractivity (Wildman–Crippen MR) is 180 cm³/mol. The van der Waals surface area contributed by atoms with Crippen LogP contribution in [0, 0.1) is 17.8 Å². The van der Waals surface area contributed by atoms with Gasteiger partial charge in [-0.05, 0) is 19.3 Å². The van der Waals surface area contributed by atoms with Crippen molar-refractivity contribution in [3.05, 3.63) is 0 Å². The summed E-state index contributed by atoms with van der Waals surface area (Å²) in [6, 6.07) is -8.58. The number of primary amides is 1. The van der Waals surface area contributed by atoms with Crippen molar-refractivity contribution in [2.75, 3.05) is 13.2 Å². The molecule has 1 rings (SSSR count). The Balaban J connectivity index is 3.80. The number of hydrogen-bond acceptors (Lipinski definition) is 16. The van der Waals surface area contributed by atoms with Gasteiger partial charge in [0, 0.05) is 44.6 Å². The molecule has 13 N–H and O–H groups in total. The lowest BCUT2D eigenvalue weighted by molar-refractivity contribution is -0.148. The molecule has 0 bridgehead atoms. The number of carboxylic acid groups (broad SMARTS) is 1. The highest BCUT2D eigenvalue weighted by Gasteiger charge is 2.41. The van der Waals surface area contributed by atoms with Gasteiger partial charge in [0.2, 0.25) is 35.5 Å². The number of aliphatic hydroxyl groups is 5. The maximum absolute atomic E-state index is 13.6. The van der Waals surface area contributed by atoms with Crippen LogP contribution in [0.4, 0.5) is 0 Å². The highest BCUT2D eigenvalue weighted by molar-refractivity contribution is 6.35. The van der Waals surface area contributed by atoms with E-state index in [0.717, 1.165) is 13.8 Å². The largest absolute Gasteiger partial charge is 0.479 e. The van der Waals surface area contributed by atoms with Crippen molar-refractivity contribution < 1.29 is 83.4 Å². The lowest BCUT2D eigenvalue weighted by atomic mass is 9.84. The molecular weight excluding hydrogens is 740 g/mol. The highest BCUT2D eigenvalue weighted by atomic mass is 16.4. The van der Waals surface area contributed by atoms with E-state index in [1.54, 1.807) is 5.32 Å². The van der Waals surface area contributed by atoms with Crippen molar-refractivity contribution in [1.82, 2.24) is 26.6 Å². The summed E-state index contributed by atoms with van der Waals surface area (Å²) < 4.78 is 0. The van der Waals surface area contributed by atoms with Gasteiger partial charge in [-0.3, -0.25) is 47.9 Å². The van der Waals surface area contributed by atoms with Gasteiger partial charge in [0.1, 0.15) is 36.1 Å². The smallest absolute Gasteiger partial charge is 0.336 e. The van der Waals surface area contributed by atoms with E-state index in [9.17, 15) is 83.4 Å². The number of hydrogen-bond donors (Lipinski definition) is 12. The van der Waals surface area contributed by atoms with Crippen molar-refractivity contribution in [3.8, 4) is 0 Å². The fourth-order valence-corrected chi connectivity index (χ4v) is 5.17. The summed E-state index contributed by atoms with van der Waals surface area (Å²) >= 11 is 0. The molecule has 10 atom stereocenters. The molecule has 55 heavy (non-hydrogen) atoms. The summed E-state index contributed by atoms with van der Waals surface area (Å²) in [5.41, 5.74) is 5.05. The van der Waals surface area contributed by atoms with Gasteiger partial charge in [-0.15, -0.1) is 0 Å². The molecule has 0 aromatic rings. The van der Waals surface area contributed by atoms with Gasteiger partial charge in [0.25, 0.3) is 11.8 Å². The maximum atomic E-state index is 13.6. The second kappa shape index (κ2) is 21.6. The van der Waals surface area contributed by atoms with E-state index in [-0.39, 0.29) is 0 Å². The Morgan fingerprint density at radius 3 is 1.87 bits per heavy atom. The topological polar surface area (TPSA) is 395 Å². The van der Waals surface area contributed by atoms with Crippen molar-refractivity contribution in [1.29, 1.82) is 0 Å². The van der Waals surface area contributed by atoms with Gasteiger partial charge < -0.3 is 63.0 Å². The first kappa shape index (κ1) is 47.8. The second-order valence-corrected chi connectivity index (χ2v) is 13.2. The van der Waals surface area contributed by atoms with E-state index in [4.69, 9.17) is 5.73 Å². The van der Waals surface area contributed by atoms with E-state index in [1.807, 2.05) is 16.0 Å². The number of Topliss-reactive ketones (excluding diaryl/α,β-unsaturated/α-hetero) is 4. The van der Waals surface area contributed by atoms with Crippen LogP contribution < -0.4 is 32.3 Å². The standard InChI is InChI=1S/C32H48N6O17/c1-11(2)15-8-19(44)14(10-39)7-20(45)16(9-34-27(49)13(4)41)35-31(53)23(32(54)55)38-29(51)18(43)6-5-17(42)21(12(3)40)36-30(52)22(37-28(15)50)24(46)25(47)26(33)48/h11-12,14-16,18,21-25,39-40,43,46-47H,5-10H2,1-4H3,(H2,33,48)(H,34,49)(H,35,53)(H,36,52)(H,37,50)(H,38,51)(H,54,55). The molecule has 0 aliphatic carbocycles. The highest BCUT2D eigenvalue weighted by Crippen LogP contribution is 2.21. The monoisotopic (exact) mass is 788 g/mol. The first-order chi connectivity index (χ1) is 25.4. The summed E-state index contributed by atoms with van der Waals surface area (Å²) in [7, 11) is 0. The number of ketones is 4. The summed E-state index contributed by atoms with van der Waals surface area (Å²) in [5, 5.41) is 71.1. The minimum Gasteiger partial charge on any atom is -0.479 e. The number of carbonyl (C=O) groups is 11. The van der Waals surface area contributed by atoms with Crippen LogP contribution >= 0.6 is 0 Å². The Hall–Kier alpha value is -5.23. The van der Waals surface area contributed by atoms with Crippen LogP contribution in [0.5, 0.6) is 0 Å². The van der Waals surface area contributed by atoms with Crippen LogP contribution in [0.2, 0.25) is 0 Å². The quantitative estimate of drug-likeness (QED) is 0.0722. The average Bonchev–Trinajstić information content (AvgIpc) is 3.10. The molecule has 1 heterocycles. The molecule has 308 valence electrons. The van der Waals surface area contributed by atoms with Gasteiger partial charge in [-0.1, -0.05) is 13.8 Å². The Morgan fingerprint density at radius 1 is 0.800 bits per heavy atom. The van der Waals surface area contributed by atoms with E-state index in [1.165, 1.54) is 13.8 Å². The third kappa shape index (κ3) is 14.2. The Labute approximate surface area is 313 Å². The third-order valence-corrected chi connectivity index (χ3v) is 8.60. The molecule has 0 aromatic carbocycles. The zero-order valence-electron chi connectivity index (χ0n) is 30.3. The average molecular weight is 789 g/mol. The van der Waals surface area contributed by atoms with E-state index >= 15 is 0 Å². The van der Waals surface area contributed by atoms with Crippen molar-refractivity contribution in [2.45, 2.75) is 102 Å². The number of aliphatic carboxylic acids is 1. The first-order valence-electron chi connectivity index (χ1n) is 16.9. The van der Waals surface area contributed by atoms with E-state index in [2.05, 4.69) is 5.32 Å². The molecule has 0 spiro atoms. The number of carbonyl (C=O) groups excluding carboxylic acids is 10. The predicted octanol–water partition coefficient (Wildman–Crippen LogP) is -7.17. The number of amides is 6. The molecular formula is C32H48N6O17. The maximum Gasteiger partial charge on any atom is 0.336 e. The SMILES string of the molecule is CC(=O)C(=O)NCC1NC(=O)C(C(=O)O)NC(=O)C(O)CCC(=O)C(C(C)O)NC(=O)C(C(O)C(O)C(N)=O)NC(=O)C(C(C)C)CC(=O)C(CO)CC1=O. The van der Waals surface area contributed by atoms with Crippen LogP contribution in [-0.4, -0.2) is 157 Å². The molecule has 10 unspecified atom stereocenters. The lowest BCUT2D eigenvalue weighted by Crippen LogP contribution is -2.62. The molecule has 6 amide bonds. The van der Waals surface area contributed by atoms with Crippen molar-refractivity contribution in [3.63, 3.8) is 0 Å². The summed E-state index contributed by atoms with van der Waals surface area (Å²) in [6.45, 7) is 2.89. The third-order valence-electron chi connectivity index (χ3n) is 8.60. The molecule has 1 fully saturated rings. The molecule has 0 saturated carbocycles. The molecule has 1 saturated heterocycles. The zero-order chi connectivity index (χ0) is 42.5. The normalized spacial score (nSPS) is 27.5. The fraction of sp³-hybridized carbons (Fsp3) is 0.656. The Morgan fingerprint density at radius 2 is 1.38 bits per heavy atom. The van der Waals surface area contributed by atoms with Gasteiger partial charge in [-0.2, -0.15) is 0 Å². The molecule has 23 nitrogen and oxygen atoms in total. The van der Waals surface area contributed by atoms with Gasteiger partial charge in [0.05, 0.1) is 12.7 Å². The van der Waals surface area contributed by atoms with E-state index < -0.39 is 170 Å². The molecule has 1 aliphatic rings. The number of nitrogens with one attached hydrogen (secondary N) is 5. The van der Waals surface area contributed by atoms with E-state index in [0.29, 0.717) is 0 Å². The molecule has 0 aromatic heterocycles. The Kier molecular flexibility index (Phi) is 18.8. The van der Waals surface area contributed by atoms with Gasteiger partial charge in [-0.25, -0.2) is 4.79 Å². The molecule has 23 heteroatoms. The minimum atomic E-state index is -2.52. The van der Waals surface area contributed by atoms with Crippen LogP contribution in [0.25, 0.3) is 0 Å². The number of nitrogens with two attached hydrogens (primary N) is 1. The zero-order valence-corrected chi connectivity index (χ0v) is 30.3. The van der Waals surface area contributed by atoms with Gasteiger partial charge >= 0.3 is 5.97 Å². The number of rotatable bonds is 10. The van der Waals surface area contributed by atoms with Crippen molar-refractivity contribution in [2.24, 2.45) is 23.5 Å². The molecule has 1 aliphatic heterocycles. The summed E-state index contributed by atoms with van der Waals surface area (Å²) in [5.74, 6) is -18.5. The van der Waals surface area contributed by atoms with Gasteiger partial charge in [0.15, 0.2) is 17.7 Å². The van der Waals surface area contributed by atoms with Crippen molar-refractivity contribution >= 4 is 64.5 Å². The number of carboxylic acids is 1. The van der Waals surface area contributed by atoms with Crippen LogP contribution in [0.15, 0.2) is 0 Å². The summed E-state index contributed by atoms with van der Waals surface area (Å²) in [6.07, 6.45) is -12.2. The lowest BCUT2D eigenvalue weighted by Gasteiger charge is -2.30. The first-order valence-corrected chi connectivity index (χ1v) is 16.9. The van der Waals surface area contributed by atoms with Crippen LogP contribution in [-0.2, 0) is 52.7 Å². The molecule has 0 radical (unpaired) electrons. The number of aliphatic hydroxyl groups excluding tert-OH is 5. The fourth-order valence-electron chi connectivity index (χ4n) is 5.17. The summed E-state index contributed by atoms with van der Waals surface area (Å²) in [4.78, 5) is 140. The minimum absolute atomic E-state index is 0.757. The Bertz CT molecular complexity index is 1520. The van der Waals surface area contributed by atoms with Crippen LogP contribution in [0.1, 0.15) is 53.4 Å². The van der Waals surface area contributed by atoms with Crippen LogP contribution in [0.3, 0.4) is 0 Å².